The molecule has 1 heterocycles. The number of hydrogen-bond acceptors (Lipinski definition) is 6. The van der Waals surface area contributed by atoms with E-state index in [-0.39, 0.29) is 23.9 Å². The Morgan fingerprint density at radius 1 is 0.975 bits per heavy atom. The lowest BCUT2D eigenvalue weighted by Crippen LogP contribution is -2.49. The molecule has 2 N–H and O–H groups in total. The molecule has 3 fully saturated rings. The van der Waals surface area contributed by atoms with E-state index in [0.717, 1.165) is 51.7 Å². The summed E-state index contributed by atoms with van der Waals surface area (Å²) >= 11 is 0. The molecular formula is C31H50N4O5. The molecule has 0 aromatic heterocycles. The van der Waals surface area contributed by atoms with Crippen molar-refractivity contribution in [2.75, 3.05) is 53.6 Å². The molecule has 3 aliphatic rings. The SMILES string of the molecule is COCCCOc1cc(C(=O)N(CC2CNCC2CN(C(=O)NC2CCCCC2)C2CC2)C(C)C)ccc1OC. The fraction of sp³-hybridized carbons (Fsp3) is 0.742. The minimum Gasteiger partial charge on any atom is -0.493 e. The van der Waals surface area contributed by atoms with Gasteiger partial charge in [-0.25, -0.2) is 4.79 Å². The van der Waals surface area contributed by atoms with Crippen molar-refractivity contribution in [1.82, 2.24) is 20.4 Å². The zero-order valence-corrected chi connectivity index (χ0v) is 25.0. The van der Waals surface area contributed by atoms with Crippen LogP contribution in [0, 0.1) is 11.8 Å². The normalized spacial score (nSPS) is 21.3. The third kappa shape index (κ3) is 8.26. The summed E-state index contributed by atoms with van der Waals surface area (Å²) in [6.07, 6.45) is 8.80. The van der Waals surface area contributed by atoms with E-state index in [9.17, 15) is 9.59 Å². The number of carbonyl (C=O) groups excluding carboxylic acids is 2. The van der Waals surface area contributed by atoms with Crippen LogP contribution >= 0.6 is 0 Å². The zero-order valence-electron chi connectivity index (χ0n) is 25.0. The molecule has 9 heteroatoms. The molecule has 3 amide bonds. The average molecular weight is 559 g/mol. The maximum Gasteiger partial charge on any atom is 0.317 e. The number of methoxy groups -OCH3 is 2. The number of carbonyl (C=O) groups is 2. The molecule has 1 saturated heterocycles. The van der Waals surface area contributed by atoms with E-state index in [1.54, 1.807) is 26.4 Å². The second-order valence-electron chi connectivity index (χ2n) is 12.0. The molecule has 1 aromatic rings. The van der Waals surface area contributed by atoms with Crippen molar-refractivity contribution in [2.24, 2.45) is 11.8 Å². The first-order valence-corrected chi connectivity index (χ1v) is 15.3. The van der Waals surface area contributed by atoms with Crippen molar-refractivity contribution < 1.29 is 23.8 Å². The van der Waals surface area contributed by atoms with Crippen molar-refractivity contribution in [1.29, 1.82) is 0 Å². The summed E-state index contributed by atoms with van der Waals surface area (Å²) in [4.78, 5) is 31.2. The van der Waals surface area contributed by atoms with Gasteiger partial charge < -0.3 is 34.6 Å². The Kier molecular flexibility index (Phi) is 11.4. The quantitative estimate of drug-likeness (QED) is 0.331. The molecule has 4 rings (SSSR count). The topological polar surface area (TPSA) is 92.4 Å². The molecule has 2 unspecified atom stereocenters. The van der Waals surface area contributed by atoms with Crippen molar-refractivity contribution in [2.45, 2.75) is 83.3 Å². The predicted molar refractivity (Wildman–Crippen MR) is 156 cm³/mol. The Hall–Kier alpha value is -2.52. The predicted octanol–water partition coefficient (Wildman–Crippen LogP) is 4.30. The Morgan fingerprint density at radius 3 is 2.35 bits per heavy atom. The third-order valence-electron chi connectivity index (χ3n) is 8.57. The number of nitrogens with one attached hydrogen (secondary N) is 2. The molecular weight excluding hydrogens is 508 g/mol. The Bertz CT molecular complexity index is 963. The van der Waals surface area contributed by atoms with Crippen LogP contribution in [0.15, 0.2) is 18.2 Å². The van der Waals surface area contributed by atoms with Crippen molar-refractivity contribution >= 4 is 11.9 Å². The summed E-state index contributed by atoms with van der Waals surface area (Å²) in [5, 5.41) is 6.88. The summed E-state index contributed by atoms with van der Waals surface area (Å²) in [7, 11) is 3.27. The fourth-order valence-corrected chi connectivity index (χ4v) is 6.01. The lowest BCUT2D eigenvalue weighted by molar-refractivity contribution is 0.0652. The van der Waals surface area contributed by atoms with E-state index in [2.05, 4.69) is 29.4 Å². The van der Waals surface area contributed by atoms with Crippen molar-refractivity contribution in [3.8, 4) is 11.5 Å². The van der Waals surface area contributed by atoms with E-state index >= 15 is 0 Å². The van der Waals surface area contributed by atoms with Crippen LogP contribution in [0.3, 0.4) is 0 Å². The highest BCUT2D eigenvalue weighted by atomic mass is 16.5. The number of benzene rings is 1. The Balaban J connectivity index is 1.40. The highest BCUT2D eigenvalue weighted by Gasteiger charge is 2.39. The number of nitrogens with zero attached hydrogens (tertiary/aromatic N) is 2. The number of ether oxygens (including phenoxy) is 3. The molecule has 1 aromatic carbocycles. The van der Waals surface area contributed by atoms with Gasteiger partial charge in [0.15, 0.2) is 11.5 Å². The average Bonchev–Trinajstić information content (AvgIpc) is 3.71. The van der Waals surface area contributed by atoms with Gasteiger partial charge in [-0.1, -0.05) is 19.3 Å². The summed E-state index contributed by atoms with van der Waals surface area (Å²) in [5.41, 5.74) is 0.588. The first-order valence-electron chi connectivity index (χ1n) is 15.3. The first kappa shape index (κ1) is 30.4. The van der Waals surface area contributed by atoms with Crippen LogP contribution < -0.4 is 20.1 Å². The van der Waals surface area contributed by atoms with Crippen LogP contribution in [0.2, 0.25) is 0 Å². The largest absolute Gasteiger partial charge is 0.493 e. The number of amides is 3. The van der Waals surface area contributed by atoms with E-state index in [0.29, 0.717) is 54.8 Å². The second-order valence-corrected chi connectivity index (χ2v) is 12.0. The van der Waals surface area contributed by atoms with Gasteiger partial charge in [-0.3, -0.25) is 4.79 Å². The van der Waals surface area contributed by atoms with Gasteiger partial charge in [0.1, 0.15) is 0 Å². The molecule has 9 nitrogen and oxygen atoms in total. The van der Waals surface area contributed by atoms with E-state index < -0.39 is 0 Å². The second kappa shape index (κ2) is 14.9. The molecule has 0 radical (unpaired) electrons. The lowest BCUT2D eigenvalue weighted by Gasteiger charge is -2.34. The van der Waals surface area contributed by atoms with E-state index in [4.69, 9.17) is 14.2 Å². The van der Waals surface area contributed by atoms with Gasteiger partial charge in [0.25, 0.3) is 5.91 Å². The maximum absolute atomic E-state index is 13.8. The number of hydrogen-bond donors (Lipinski definition) is 2. The maximum atomic E-state index is 13.8. The molecule has 0 spiro atoms. The summed E-state index contributed by atoms with van der Waals surface area (Å²) < 4.78 is 16.5. The molecule has 2 aliphatic carbocycles. The van der Waals surface area contributed by atoms with Crippen LogP contribution in [-0.4, -0.2) is 93.5 Å². The highest BCUT2D eigenvalue weighted by molar-refractivity contribution is 5.95. The van der Waals surface area contributed by atoms with Crippen molar-refractivity contribution in [3.05, 3.63) is 23.8 Å². The van der Waals surface area contributed by atoms with Gasteiger partial charge in [0.05, 0.1) is 13.7 Å². The van der Waals surface area contributed by atoms with Crippen LogP contribution in [-0.2, 0) is 4.74 Å². The van der Waals surface area contributed by atoms with Gasteiger partial charge >= 0.3 is 6.03 Å². The minimum atomic E-state index is -0.0147. The molecule has 1 aliphatic heterocycles. The van der Waals surface area contributed by atoms with Gasteiger partial charge in [0, 0.05) is 70.0 Å². The van der Waals surface area contributed by atoms with Gasteiger partial charge in [0.2, 0.25) is 0 Å². The lowest BCUT2D eigenvalue weighted by atomic mass is 9.93. The van der Waals surface area contributed by atoms with Crippen LogP contribution in [0.5, 0.6) is 11.5 Å². The Labute approximate surface area is 240 Å². The van der Waals surface area contributed by atoms with Gasteiger partial charge in [-0.15, -0.1) is 0 Å². The van der Waals surface area contributed by atoms with Gasteiger partial charge in [-0.05, 0) is 69.6 Å². The van der Waals surface area contributed by atoms with Crippen LogP contribution in [0.4, 0.5) is 4.79 Å². The fourth-order valence-electron chi connectivity index (χ4n) is 6.01. The highest BCUT2D eigenvalue weighted by Crippen LogP contribution is 2.32. The number of rotatable bonds is 14. The molecule has 224 valence electrons. The molecule has 2 atom stereocenters. The Morgan fingerprint density at radius 2 is 1.70 bits per heavy atom. The van der Waals surface area contributed by atoms with Gasteiger partial charge in [-0.2, -0.15) is 0 Å². The number of urea groups is 1. The molecule has 2 saturated carbocycles. The standard InChI is InChI=1S/C31H50N4O5/c1-22(2)34(30(36)23-11-14-28(39-4)29(17-23)40-16-8-15-38-3)20-24-18-32-19-25(24)21-35(27-12-13-27)31(37)33-26-9-6-5-7-10-26/h11,14,17,22,24-27,32H,5-10,12-13,15-16,18-21H2,1-4H3,(H,33,37). The van der Waals surface area contributed by atoms with Crippen molar-refractivity contribution in [3.63, 3.8) is 0 Å². The van der Waals surface area contributed by atoms with E-state index in [1.807, 2.05) is 11.0 Å². The smallest absolute Gasteiger partial charge is 0.317 e. The minimum absolute atomic E-state index is 0.0147. The molecule has 40 heavy (non-hydrogen) atoms. The summed E-state index contributed by atoms with van der Waals surface area (Å²) in [5.74, 6) is 1.74. The summed E-state index contributed by atoms with van der Waals surface area (Å²) in [6, 6.07) is 6.22. The van der Waals surface area contributed by atoms with E-state index in [1.165, 1.54) is 19.3 Å². The zero-order chi connectivity index (χ0) is 28.5. The summed E-state index contributed by atoms with van der Waals surface area (Å²) in [6.45, 7) is 8.32. The monoisotopic (exact) mass is 558 g/mol. The molecule has 0 bridgehead atoms. The first-order chi connectivity index (χ1) is 19.4. The third-order valence-corrected chi connectivity index (χ3v) is 8.57. The van der Waals surface area contributed by atoms with Crippen LogP contribution in [0.25, 0.3) is 0 Å². The van der Waals surface area contributed by atoms with Crippen LogP contribution in [0.1, 0.15) is 75.6 Å².